The molecule has 1 aromatic rings. The number of carbonyl (C=O) groups is 1. The van der Waals surface area contributed by atoms with E-state index in [1.165, 1.54) is 23.9 Å². The molecule has 0 aliphatic carbocycles. The van der Waals surface area contributed by atoms with Crippen LogP contribution in [0.2, 0.25) is 0 Å². The van der Waals surface area contributed by atoms with E-state index in [4.69, 9.17) is 0 Å². The van der Waals surface area contributed by atoms with E-state index in [-0.39, 0.29) is 11.7 Å². The Labute approximate surface area is 111 Å². The summed E-state index contributed by atoms with van der Waals surface area (Å²) in [4.78, 5) is 14.7. The summed E-state index contributed by atoms with van der Waals surface area (Å²) < 4.78 is 13.3. The third kappa shape index (κ3) is 3.71. The first-order chi connectivity index (χ1) is 8.67. The number of nitrogens with zero attached hydrogens (tertiary/aromatic N) is 1. The minimum atomic E-state index is -0.321. The van der Waals surface area contributed by atoms with Gasteiger partial charge in [0.05, 0.1) is 6.54 Å². The molecule has 0 aromatic heterocycles. The highest BCUT2D eigenvalue weighted by Crippen LogP contribution is 2.21. The first kappa shape index (κ1) is 13.4. The van der Waals surface area contributed by atoms with Gasteiger partial charge in [0, 0.05) is 10.6 Å². The molecule has 18 heavy (non-hydrogen) atoms. The van der Waals surface area contributed by atoms with Gasteiger partial charge >= 0.3 is 0 Å². The topological polar surface area (TPSA) is 32.3 Å². The highest BCUT2D eigenvalue weighted by atomic mass is 32.2. The van der Waals surface area contributed by atoms with Crippen molar-refractivity contribution >= 4 is 23.4 Å². The Kier molecular flexibility index (Phi) is 4.60. The zero-order chi connectivity index (χ0) is 13.0. The minimum Gasteiger partial charge on any atom is -0.325 e. The van der Waals surface area contributed by atoms with Crippen molar-refractivity contribution < 1.29 is 9.18 Å². The van der Waals surface area contributed by atoms with Crippen molar-refractivity contribution in [3.8, 4) is 0 Å². The van der Waals surface area contributed by atoms with E-state index in [1.54, 1.807) is 6.07 Å². The molecular formula is C13H17FN2OS. The molecule has 1 aliphatic heterocycles. The molecule has 1 fully saturated rings. The van der Waals surface area contributed by atoms with Crippen LogP contribution in [0.1, 0.15) is 12.8 Å². The van der Waals surface area contributed by atoms with Crippen LogP contribution in [-0.4, -0.2) is 36.7 Å². The summed E-state index contributed by atoms with van der Waals surface area (Å²) in [6, 6.07) is 4.60. The molecule has 0 unspecified atom stereocenters. The van der Waals surface area contributed by atoms with Gasteiger partial charge < -0.3 is 5.32 Å². The zero-order valence-electron chi connectivity index (χ0n) is 10.4. The maximum absolute atomic E-state index is 13.3. The van der Waals surface area contributed by atoms with Crippen LogP contribution in [0.3, 0.4) is 0 Å². The van der Waals surface area contributed by atoms with Gasteiger partial charge in [0.2, 0.25) is 5.91 Å². The van der Waals surface area contributed by atoms with Crippen molar-refractivity contribution in [2.24, 2.45) is 0 Å². The fraction of sp³-hybridized carbons (Fsp3) is 0.462. The third-order valence-corrected chi connectivity index (χ3v) is 3.66. The highest BCUT2D eigenvalue weighted by Gasteiger charge is 2.15. The van der Waals surface area contributed by atoms with Gasteiger partial charge in [0.25, 0.3) is 0 Å². The number of halogens is 1. The molecule has 0 spiro atoms. The number of benzene rings is 1. The van der Waals surface area contributed by atoms with E-state index in [1.807, 2.05) is 6.26 Å². The van der Waals surface area contributed by atoms with Crippen molar-refractivity contribution in [1.29, 1.82) is 0 Å². The van der Waals surface area contributed by atoms with Gasteiger partial charge in [-0.1, -0.05) is 0 Å². The summed E-state index contributed by atoms with van der Waals surface area (Å²) in [5, 5.41) is 2.75. The zero-order valence-corrected chi connectivity index (χ0v) is 11.2. The Bertz CT molecular complexity index is 433. The Balaban J connectivity index is 1.95. The SMILES string of the molecule is CSc1cc(F)cc(NC(=O)CN2CCCC2)c1. The summed E-state index contributed by atoms with van der Waals surface area (Å²) >= 11 is 1.46. The fourth-order valence-corrected chi connectivity index (χ4v) is 2.57. The second-order valence-electron chi connectivity index (χ2n) is 4.41. The quantitative estimate of drug-likeness (QED) is 0.852. The molecule has 1 saturated heterocycles. The number of rotatable bonds is 4. The summed E-state index contributed by atoms with van der Waals surface area (Å²) in [5.41, 5.74) is 0.531. The Morgan fingerprint density at radius 1 is 1.39 bits per heavy atom. The molecule has 0 atom stereocenters. The number of hydrogen-bond donors (Lipinski definition) is 1. The lowest BCUT2D eigenvalue weighted by molar-refractivity contribution is -0.117. The molecule has 3 nitrogen and oxygen atoms in total. The number of likely N-dealkylation sites (tertiary alicyclic amines) is 1. The van der Waals surface area contributed by atoms with E-state index in [0.29, 0.717) is 12.2 Å². The Hall–Kier alpha value is -1.07. The van der Waals surface area contributed by atoms with Crippen LogP contribution in [0.15, 0.2) is 23.1 Å². The third-order valence-electron chi connectivity index (χ3n) is 2.96. The molecule has 5 heteroatoms. The molecule has 1 aliphatic rings. The van der Waals surface area contributed by atoms with E-state index in [2.05, 4.69) is 10.2 Å². The van der Waals surface area contributed by atoms with Crippen LogP contribution in [-0.2, 0) is 4.79 Å². The molecule has 0 saturated carbocycles. The van der Waals surface area contributed by atoms with Crippen molar-refractivity contribution in [3.63, 3.8) is 0 Å². The van der Waals surface area contributed by atoms with Gasteiger partial charge in [0.1, 0.15) is 5.82 Å². The average molecular weight is 268 g/mol. The first-order valence-corrected chi connectivity index (χ1v) is 7.26. The average Bonchev–Trinajstić information content (AvgIpc) is 2.80. The number of nitrogens with one attached hydrogen (secondary N) is 1. The number of thioether (sulfide) groups is 1. The van der Waals surface area contributed by atoms with Gasteiger partial charge in [-0.3, -0.25) is 9.69 Å². The molecule has 1 aromatic carbocycles. The smallest absolute Gasteiger partial charge is 0.238 e. The van der Waals surface area contributed by atoms with Crippen LogP contribution in [0.25, 0.3) is 0 Å². The number of hydrogen-bond acceptors (Lipinski definition) is 3. The second kappa shape index (κ2) is 6.20. The monoisotopic (exact) mass is 268 g/mol. The standard InChI is InChI=1S/C13H17FN2OS/c1-18-12-7-10(14)6-11(8-12)15-13(17)9-16-4-2-3-5-16/h6-8H,2-5,9H2,1H3,(H,15,17). The second-order valence-corrected chi connectivity index (χ2v) is 5.29. The maximum Gasteiger partial charge on any atom is 0.238 e. The van der Waals surface area contributed by atoms with E-state index >= 15 is 0 Å². The van der Waals surface area contributed by atoms with Gasteiger partial charge in [-0.25, -0.2) is 4.39 Å². The molecule has 1 N–H and O–H groups in total. The van der Waals surface area contributed by atoms with Crippen LogP contribution in [0.4, 0.5) is 10.1 Å². The maximum atomic E-state index is 13.3. The molecule has 2 rings (SSSR count). The normalized spacial score (nSPS) is 15.9. The summed E-state index contributed by atoms with van der Waals surface area (Å²) in [5.74, 6) is -0.395. The van der Waals surface area contributed by atoms with Gasteiger partial charge in [0.15, 0.2) is 0 Å². The predicted octanol–water partition coefficient (Wildman–Crippen LogP) is 2.58. The molecule has 98 valence electrons. The Morgan fingerprint density at radius 3 is 2.78 bits per heavy atom. The lowest BCUT2D eigenvalue weighted by Crippen LogP contribution is -2.30. The summed E-state index contributed by atoms with van der Waals surface area (Å²) in [6.45, 7) is 2.35. The fourth-order valence-electron chi connectivity index (χ4n) is 2.10. The van der Waals surface area contributed by atoms with E-state index in [0.717, 1.165) is 30.8 Å². The van der Waals surface area contributed by atoms with Crippen molar-refractivity contribution in [1.82, 2.24) is 4.90 Å². The lowest BCUT2D eigenvalue weighted by atomic mass is 10.3. The van der Waals surface area contributed by atoms with Gasteiger partial charge in [-0.15, -0.1) is 11.8 Å². The van der Waals surface area contributed by atoms with Crippen LogP contribution in [0, 0.1) is 5.82 Å². The van der Waals surface area contributed by atoms with Crippen LogP contribution in [0.5, 0.6) is 0 Å². The van der Waals surface area contributed by atoms with E-state index in [9.17, 15) is 9.18 Å². The summed E-state index contributed by atoms with van der Waals surface area (Å²) in [7, 11) is 0. The van der Waals surface area contributed by atoms with Crippen molar-refractivity contribution in [2.45, 2.75) is 17.7 Å². The van der Waals surface area contributed by atoms with Gasteiger partial charge in [-0.05, 0) is 50.4 Å². The molecule has 0 bridgehead atoms. The van der Waals surface area contributed by atoms with Crippen molar-refractivity contribution in [2.75, 3.05) is 31.2 Å². The predicted molar refractivity (Wildman–Crippen MR) is 72.5 cm³/mol. The number of anilines is 1. The first-order valence-electron chi connectivity index (χ1n) is 6.04. The van der Waals surface area contributed by atoms with Gasteiger partial charge in [-0.2, -0.15) is 0 Å². The van der Waals surface area contributed by atoms with Crippen LogP contribution < -0.4 is 5.32 Å². The van der Waals surface area contributed by atoms with E-state index < -0.39 is 0 Å². The number of carbonyl (C=O) groups excluding carboxylic acids is 1. The Morgan fingerprint density at radius 2 is 2.11 bits per heavy atom. The number of amides is 1. The molecule has 1 amide bonds. The van der Waals surface area contributed by atoms with Crippen LogP contribution >= 0.6 is 11.8 Å². The molecule has 1 heterocycles. The van der Waals surface area contributed by atoms with Crippen molar-refractivity contribution in [3.05, 3.63) is 24.0 Å². The lowest BCUT2D eigenvalue weighted by Gasteiger charge is -2.14. The minimum absolute atomic E-state index is 0.0745. The summed E-state index contributed by atoms with van der Waals surface area (Å²) in [6.07, 6.45) is 4.19. The molecule has 0 radical (unpaired) electrons. The highest BCUT2D eigenvalue weighted by molar-refractivity contribution is 7.98. The molecular weight excluding hydrogens is 251 g/mol. The largest absolute Gasteiger partial charge is 0.325 e.